The van der Waals surface area contributed by atoms with Crippen LogP contribution in [0.1, 0.15) is 24.1 Å². The highest BCUT2D eigenvalue weighted by Gasteiger charge is 2.44. The average Bonchev–Trinajstić information content (AvgIpc) is 2.98. The van der Waals surface area contributed by atoms with Crippen LogP contribution in [0.4, 0.5) is 5.95 Å². The molecule has 0 saturated carbocycles. The quantitative estimate of drug-likeness (QED) is 0.583. The highest BCUT2D eigenvalue weighted by molar-refractivity contribution is 6.07. The Kier molecular flexibility index (Phi) is 3.95. The first kappa shape index (κ1) is 16.3. The van der Waals surface area contributed by atoms with Crippen molar-refractivity contribution in [1.29, 1.82) is 0 Å². The van der Waals surface area contributed by atoms with Crippen LogP contribution in [-0.2, 0) is 14.3 Å². The molecule has 2 atom stereocenters. The Bertz CT molecular complexity index is 1010. The van der Waals surface area contributed by atoms with E-state index in [1.807, 2.05) is 60.0 Å². The molecule has 0 saturated heterocycles. The van der Waals surface area contributed by atoms with E-state index in [1.165, 1.54) is 0 Å². The molecule has 132 valence electrons. The molecule has 0 unspecified atom stereocenters. The predicted octanol–water partition coefficient (Wildman–Crippen LogP) is 3.07. The molecule has 1 N–H and O–H groups in total. The molecular weight excluding hydrogens is 330 g/mol. The summed E-state index contributed by atoms with van der Waals surface area (Å²) in [6.45, 7) is 3.94. The standard InChI is InChI=1S/C20H19N3O3/c1-3-26-19(25)16-17(13-8-6-7-12(2)11-13)23-15-10-5-4-9-14(15)21-20(23)22-18(16)24/h4-11,16-17H,3H2,1-2H3,(H,21,22,24)/t16-,17-/m0/s1. The molecular formula is C20H19N3O3. The van der Waals surface area contributed by atoms with Gasteiger partial charge in [-0.3, -0.25) is 14.9 Å². The second kappa shape index (κ2) is 6.29. The van der Waals surface area contributed by atoms with E-state index < -0.39 is 23.8 Å². The number of rotatable bonds is 3. The number of esters is 1. The predicted molar refractivity (Wildman–Crippen MR) is 97.8 cm³/mol. The fourth-order valence-corrected chi connectivity index (χ4v) is 3.56. The highest BCUT2D eigenvalue weighted by Crippen LogP contribution is 2.38. The molecule has 2 aromatic carbocycles. The maximum absolute atomic E-state index is 12.8. The van der Waals surface area contributed by atoms with E-state index in [2.05, 4.69) is 10.3 Å². The van der Waals surface area contributed by atoms with Crippen LogP contribution in [0.3, 0.4) is 0 Å². The fraction of sp³-hybridized carbons (Fsp3) is 0.250. The molecule has 26 heavy (non-hydrogen) atoms. The molecule has 0 radical (unpaired) electrons. The molecule has 0 aliphatic carbocycles. The number of hydrogen-bond donors (Lipinski definition) is 1. The van der Waals surface area contributed by atoms with Crippen molar-refractivity contribution in [2.24, 2.45) is 5.92 Å². The van der Waals surface area contributed by atoms with Crippen molar-refractivity contribution in [2.75, 3.05) is 11.9 Å². The van der Waals surface area contributed by atoms with E-state index in [-0.39, 0.29) is 6.61 Å². The Morgan fingerprint density at radius 1 is 1.23 bits per heavy atom. The minimum Gasteiger partial charge on any atom is -0.465 e. The number of fused-ring (bicyclic) bond motifs is 3. The lowest BCUT2D eigenvalue weighted by molar-refractivity contribution is -0.152. The van der Waals surface area contributed by atoms with Crippen LogP contribution in [0.15, 0.2) is 48.5 Å². The molecule has 6 heteroatoms. The van der Waals surface area contributed by atoms with Gasteiger partial charge in [-0.25, -0.2) is 4.98 Å². The number of nitrogens with zero attached hydrogens (tertiary/aromatic N) is 2. The number of para-hydroxylation sites is 2. The highest BCUT2D eigenvalue weighted by atomic mass is 16.5. The van der Waals surface area contributed by atoms with E-state index in [4.69, 9.17) is 4.74 Å². The summed E-state index contributed by atoms with van der Waals surface area (Å²) in [6.07, 6.45) is 0. The summed E-state index contributed by atoms with van der Waals surface area (Å²) in [5.41, 5.74) is 3.57. The number of aromatic nitrogens is 2. The maximum Gasteiger partial charge on any atom is 0.321 e. The summed E-state index contributed by atoms with van der Waals surface area (Å²) in [4.78, 5) is 29.9. The van der Waals surface area contributed by atoms with Crippen molar-refractivity contribution in [1.82, 2.24) is 9.55 Å². The Morgan fingerprint density at radius 3 is 2.81 bits per heavy atom. The molecule has 1 aliphatic rings. The van der Waals surface area contributed by atoms with Crippen LogP contribution in [0.25, 0.3) is 11.0 Å². The van der Waals surface area contributed by atoms with E-state index in [0.717, 1.165) is 22.2 Å². The van der Waals surface area contributed by atoms with Gasteiger partial charge < -0.3 is 9.30 Å². The minimum absolute atomic E-state index is 0.223. The van der Waals surface area contributed by atoms with Crippen LogP contribution < -0.4 is 5.32 Å². The van der Waals surface area contributed by atoms with Crippen LogP contribution in [0.5, 0.6) is 0 Å². The van der Waals surface area contributed by atoms with Gasteiger partial charge in [0.05, 0.1) is 23.7 Å². The number of carbonyl (C=O) groups excluding carboxylic acids is 2. The van der Waals surface area contributed by atoms with Crippen molar-refractivity contribution in [3.05, 3.63) is 59.7 Å². The zero-order valence-electron chi connectivity index (χ0n) is 14.6. The summed E-state index contributed by atoms with van der Waals surface area (Å²) in [5, 5.41) is 2.77. The molecule has 0 bridgehead atoms. The van der Waals surface area contributed by atoms with Crippen LogP contribution in [0, 0.1) is 12.8 Å². The summed E-state index contributed by atoms with van der Waals surface area (Å²) in [7, 11) is 0. The third kappa shape index (κ3) is 2.54. The molecule has 6 nitrogen and oxygen atoms in total. The van der Waals surface area contributed by atoms with Gasteiger partial charge in [-0.15, -0.1) is 0 Å². The van der Waals surface area contributed by atoms with Gasteiger partial charge in [0.15, 0.2) is 5.92 Å². The van der Waals surface area contributed by atoms with Crippen molar-refractivity contribution in [3.8, 4) is 0 Å². The van der Waals surface area contributed by atoms with Gasteiger partial charge in [-0.2, -0.15) is 0 Å². The number of imidazole rings is 1. The minimum atomic E-state index is -0.971. The van der Waals surface area contributed by atoms with Crippen molar-refractivity contribution >= 4 is 28.9 Å². The van der Waals surface area contributed by atoms with Crippen molar-refractivity contribution < 1.29 is 14.3 Å². The molecule has 0 spiro atoms. The Morgan fingerprint density at radius 2 is 2.04 bits per heavy atom. The number of hydrogen-bond acceptors (Lipinski definition) is 4. The number of anilines is 1. The van der Waals surface area contributed by atoms with Gasteiger partial charge in [0.1, 0.15) is 0 Å². The first-order chi connectivity index (χ1) is 12.6. The van der Waals surface area contributed by atoms with E-state index >= 15 is 0 Å². The SMILES string of the molecule is CCOC(=O)[C@@H]1C(=O)Nc2nc3ccccc3n2[C@H]1c1cccc(C)c1. The van der Waals surface area contributed by atoms with Crippen molar-refractivity contribution in [2.45, 2.75) is 19.9 Å². The molecule has 0 fully saturated rings. The summed E-state index contributed by atoms with van der Waals surface area (Å²) in [6, 6.07) is 15.0. The number of ether oxygens (including phenoxy) is 1. The second-order valence-corrected chi connectivity index (χ2v) is 6.37. The van der Waals surface area contributed by atoms with E-state index in [1.54, 1.807) is 6.92 Å². The van der Waals surface area contributed by atoms with Crippen LogP contribution in [-0.4, -0.2) is 28.0 Å². The number of aryl methyl sites for hydroxylation is 1. The van der Waals surface area contributed by atoms with Gasteiger partial charge in [0, 0.05) is 0 Å². The number of amides is 1. The second-order valence-electron chi connectivity index (χ2n) is 6.37. The first-order valence-electron chi connectivity index (χ1n) is 8.61. The molecule has 2 heterocycles. The Hall–Kier alpha value is -3.15. The lowest BCUT2D eigenvalue weighted by Gasteiger charge is -2.32. The Balaban J connectivity index is 1.97. The maximum atomic E-state index is 12.8. The smallest absolute Gasteiger partial charge is 0.321 e. The zero-order valence-corrected chi connectivity index (χ0v) is 14.6. The average molecular weight is 349 g/mol. The first-order valence-corrected chi connectivity index (χ1v) is 8.61. The largest absolute Gasteiger partial charge is 0.465 e. The van der Waals surface area contributed by atoms with Crippen LogP contribution in [0.2, 0.25) is 0 Å². The zero-order chi connectivity index (χ0) is 18.3. The van der Waals surface area contributed by atoms with Crippen LogP contribution >= 0.6 is 0 Å². The third-order valence-corrected chi connectivity index (χ3v) is 4.63. The van der Waals surface area contributed by atoms with Gasteiger partial charge in [-0.1, -0.05) is 42.0 Å². The molecule has 3 aromatic rings. The normalized spacial score (nSPS) is 19.1. The van der Waals surface area contributed by atoms with Gasteiger partial charge >= 0.3 is 5.97 Å². The lowest BCUT2D eigenvalue weighted by Crippen LogP contribution is -2.43. The van der Waals surface area contributed by atoms with E-state index in [0.29, 0.717) is 5.95 Å². The Labute approximate surface area is 150 Å². The van der Waals surface area contributed by atoms with Gasteiger partial charge in [0.2, 0.25) is 11.9 Å². The number of carbonyl (C=O) groups is 2. The molecule has 4 rings (SSSR count). The monoisotopic (exact) mass is 349 g/mol. The number of nitrogens with one attached hydrogen (secondary N) is 1. The van der Waals surface area contributed by atoms with Gasteiger partial charge in [0.25, 0.3) is 0 Å². The van der Waals surface area contributed by atoms with E-state index in [9.17, 15) is 9.59 Å². The summed E-state index contributed by atoms with van der Waals surface area (Å²) >= 11 is 0. The number of benzene rings is 2. The molecule has 1 aromatic heterocycles. The lowest BCUT2D eigenvalue weighted by atomic mass is 9.89. The van der Waals surface area contributed by atoms with Crippen molar-refractivity contribution in [3.63, 3.8) is 0 Å². The summed E-state index contributed by atoms with van der Waals surface area (Å²) in [5.74, 6) is -1.44. The molecule has 1 amide bonds. The third-order valence-electron chi connectivity index (χ3n) is 4.63. The van der Waals surface area contributed by atoms with Gasteiger partial charge in [-0.05, 0) is 31.5 Å². The topological polar surface area (TPSA) is 73.2 Å². The summed E-state index contributed by atoms with van der Waals surface area (Å²) < 4.78 is 7.13. The fourth-order valence-electron chi connectivity index (χ4n) is 3.56. The molecule has 1 aliphatic heterocycles.